The van der Waals surface area contributed by atoms with Crippen molar-refractivity contribution >= 4 is 17.9 Å². The van der Waals surface area contributed by atoms with E-state index in [2.05, 4.69) is 0 Å². The lowest BCUT2D eigenvalue weighted by Crippen LogP contribution is -2.85. The Morgan fingerprint density at radius 1 is 1.06 bits per heavy atom. The Kier molecular flexibility index (Phi) is 7.52. The van der Waals surface area contributed by atoms with Gasteiger partial charge in [-0.1, -0.05) is 12.8 Å². The Morgan fingerprint density at radius 2 is 1.65 bits per heavy atom. The molecule has 0 aromatic heterocycles. The lowest BCUT2D eigenvalue weighted by molar-refractivity contribution is -0.227. The molecule has 3 aliphatic rings. The molecule has 3 atom stereocenters. The van der Waals surface area contributed by atoms with Gasteiger partial charge in [-0.3, -0.25) is 14.7 Å². The minimum absolute atomic E-state index is 0.0152. The maximum Gasteiger partial charge on any atom is 0.350 e. The van der Waals surface area contributed by atoms with Gasteiger partial charge in [0.15, 0.2) is 0 Å². The summed E-state index contributed by atoms with van der Waals surface area (Å²) in [4.78, 5) is 43.9. The zero-order valence-electron chi connectivity index (χ0n) is 18.8. The summed E-state index contributed by atoms with van der Waals surface area (Å²) < 4.78 is 28.1. The summed E-state index contributed by atoms with van der Waals surface area (Å²) >= 11 is 0. The van der Waals surface area contributed by atoms with Crippen LogP contribution < -0.4 is 0 Å². The van der Waals surface area contributed by atoms with Gasteiger partial charge in [-0.15, -0.1) is 0 Å². The fourth-order valence-corrected chi connectivity index (χ4v) is 5.66. The molecule has 0 bridgehead atoms. The first kappa shape index (κ1) is 23.9. The van der Waals surface area contributed by atoms with E-state index < -0.39 is 29.3 Å². The van der Waals surface area contributed by atoms with E-state index in [1.54, 1.807) is 18.9 Å². The maximum absolute atomic E-state index is 17.7. The van der Waals surface area contributed by atoms with Crippen molar-refractivity contribution in [1.82, 2.24) is 14.7 Å². The van der Waals surface area contributed by atoms with Crippen LogP contribution in [-0.2, 0) is 23.9 Å². The fraction of sp³-hybridized carbons (Fsp3) is 0.818. The van der Waals surface area contributed by atoms with E-state index in [1.165, 1.54) is 12.0 Å². The highest BCUT2D eigenvalue weighted by molar-refractivity contribution is 5.96. The van der Waals surface area contributed by atoms with Gasteiger partial charge >= 0.3 is 11.9 Å². The number of carbonyl (C=O) groups is 2. The van der Waals surface area contributed by atoms with Crippen molar-refractivity contribution in [3.63, 3.8) is 0 Å². The third-order valence-electron chi connectivity index (χ3n) is 6.92. The van der Waals surface area contributed by atoms with E-state index in [4.69, 9.17) is 9.47 Å². The molecule has 0 aromatic rings. The zero-order valence-corrected chi connectivity index (χ0v) is 18.8. The van der Waals surface area contributed by atoms with Crippen molar-refractivity contribution < 1.29 is 28.2 Å². The van der Waals surface area contributed by atoms with Crippen LogP contribution in [0.3, 0.4) is 0 Å². The lowest BCUT2D eigenvalue weighted by Gasteiger charge is -2.59. The van der Waals surface area contributed by atoms with Crippen LogP contribution in [0.15, 0.2) is 5.57 Å². The molecule has 0 spiro atoms. The molecule has 0 saturated carbocycles. The maximum atomic E-state index is 17.7. The summed E-state index contributed by atoms with van der Waals surface area (Å²) in [6, 6.07) is -1.23. The highest BCUT2D eigenvalue weighted by Crippen LogP contribution is 2.48. The Hall–Kier alpha value is -1.80. The van der Waals surface area contributed by atoms with Gasteiger partial charge in [0.25, 0.3) is 5.67 Å². The number of carbonyl (C=O) groups excluding carboxylic acids is 3. The van der Waals surface area contributed by atoms with Crippen molar-refractivity contribution in [3.05, 3.63) is 5.57 Å². The van der Waals surface area contributed by atoms with Crippen molar-refractivity contribution in [1.29, 1.82) is 0 Å². The minimum atomic E-state index is -2.86. The van der Waals surface area contributed by atoms with E-state index >= 15 is 4.39 Å². The summed E-state index contributed by atoms with van der Waals surface area (Å²) in [5, 5.41) is 0. The van der Waals surface area contributed by atoms with Crippen molar-refractivity contribution in [2.45, 2.75) is 62.8 Å². The Bertz CT molecular complexity index is 731. The summed E-state index contributed by atoms with van der Waals surface area (Å²) in [7, 11) is 2.76. The van der Waals surface area contributed by atoms with E-state index in [-0.39, 0.29) is 18.7 Å². The number of nitrogens with zero attached hydrogens (tertiary/aromatic N) is 3. The normalized spacial score (nSPS) is 33.5. The van der Waals surface area contributed by atoms with Crippen LogP contribution in [0.2, 0.25) is 0 Å². The van der Waals surface area contributed by atoms with E-state index in [0.717, 1.165) is 38.5 Å². The highest BCUT2D eigenvalue weighted by atomic mass is 19.1. The Balaban J connectivity index is 2.27. The predicted octanol–water partition coefficient (Wildman–Crippen LogP) is 1.17. The van der Waals surface area contributed by atoms with E-state index in [9.17, 15) is 14.4 Å². The number of ether oxygens (including phenoxy) is 2. The molecule has 0 amide bonds. The quantitative estimate of drug-likeness (QED) is 0.467. The number of esters is 2. The molecule has 3 rings (SSSR count). The monoisotopic (exact) mass is 439 g/mol. The minimum Gasteiger partial charge on any atom is -0.467 e. The Labute approximate surface area is 183 Å². The number of methoxy groups -OCH3 is 1. The van der Waals surface area contributed by atoms with Crippen LogP contribution in [0.4, 0.5) is 4.39 Å². The topological polar surface area (TPSA) is 79.4 Å². The van der Waals surface area contributed by atoms with Crippen molar-refractivity contribution in [2.24, 2.45) is 0 Å². The number of halogens is 1. The van der Waals surface area contributed by atoms with Gasteiger partial charge in [0.1, 0.15) is 5.94 Å². The van der Waals surface area contributed by atoms with Crippen molar-refractivity contribution in [2.75, 3.05) is 53.5 Å². The third kappa shape index (κ3) is 3.71. The molecule has 3 saturated heterocycles. The molecular formula is C22H34FN3O5. The van der Waals surface area contributed by atoms with Crippen LogP contribution in [0, 0.1) is 0 Å². The molecule has 3 fully saturated rings. The smallest absolute Gasteiger partial charge is 0.350 e. The fourth-order valence-electron chi connectivity index (χ4n) is 5.66. The number of hydrogen-bond donors (Lipinski definition) is 0. The largest absolute Gasteiger partial charge is 0.467 e. The summed E-state index contributed by atoms with van der Waals surface area (Å²) in [5.74, 6) is -0.0894. The molecule has 0 N–H and O–H groups in total. The molecule has 3 aliphatic heterocycles. The molecule has 0 radical (unpaired) electrons. The van der Waals surface area contributed by atoms with Crippen LogP contribution in [0.1, 0.15) is 45.4 Å². The molecule has 8 nitrogen and oxygen atoms in total. The predicted molar refractivity (Wildman–Crippen MR) is 112 cm³/mol. The van der Waals surface area contributed by atoms with Gasteiger partial charge in [-0.25, -0.2) is 18.8 Å². The number of hydrogen-bond acceptors (Lipinski definition) is 8. The second-order valence-corrected chi connectivity index (χ2v) is 8.63. The highest BCUT2D eigenvalue weighted by Gasteiger charge is 2.76. The molecule has 3 heterocycles. The van der Waals surface area contributed by atoms with Gasteiger partial charge in [0.2, 0.25) is 5.66 Å². The van der Waals surface area contributed by atoms with Crippen molar-refractivity contribution in [3.8, 4) is 0 Å². The van der Waals surface area contributed by atoms with E-state index in [0.29, 0.717) is 26.2 Å². The molecule has 0 aliphatic carbocycles. The standard InChI is InChI=1S/C22H34FN3O5/c1-4-31-19(28)21(23)18(25-11-7-5-8-12-25)17(16-27)15-24(2)22(21,20(29)30-3)26-13-9-6-10-14-26/h18H,4-15H2,1-3H3. The first-order chi connectivity index (χ1) is 14.9. The Morgan fingerprint density at radius 3 is 2.16 bits per heavy atom. The number of alkyl halides is 1. The molecule has 0 aromatic carbocycles. The van der Waals surface area contributed by atoms with Gasteiger partial charge in [-0.2, -0.15) is 0 Å². The second kappa shape index (κ2) is 9.77. The molecule has 3 unspecified atom stereocenters. The summed E-state index contributed by atoms with van der Waals surface area (Å²) in [6.45, 7) is 3.51. The average molecular weight is 440 g/mol. The second-order valence-electron chi connectivity index (χ2n) is 8.63. The van der Waals surface area contributed by atoms with Gasteiger partial charge in [-0.05, 0) is 52.7 Å². The lowest BCUT2D eigenvalue weighted by atomic mass is 9.71. The van der Waals surface area contributed by atoms with Gasteiger partial charge in [0.05, 0.1) is 19.8 Å². The molecular weight excluding hydrogens is 405 g/mol. The number of piperidine rings is 3. The SMILES string of the molecule is CCOC(=O)C1(F)C(N2CCCCC2)C(=C=O)CN(C)C1(C(=O)OC)N1CCCCC1. The average Bonchev–Trinajstić information content (AvgIpc) is 2.80. The molecule has 31 heavy (non-hydrogen) atoms. The van der Waals surface area contributed by atoms with Crippen LogP contribution in [-0.4, -0.2) is 103 Å². The number of likely N-dealkylation sites (tertiary alicyclic amines) is 3. The molecule has 9 heteroatoms. The summed E-state index contributed by atoms with van der Waals surface area (Å²) in [5.41, 5.74) is -4.77. The van der Waals surface area contributed by atoms with Crippen LogP contribution in [0.25, 0.3) is 0 Å². The number of likely N-dealkylation sites (N-methyl/N-ethyl adjacent to an activating group) is 1. The van der Waals surface area contributed by atoms with Gasteiger partial charge < -0.3 is 9.47 Å². The third-order valence-corrected chi connectivity index (χ3v) is 6.92. The number of rotatable bonds is 5. The van der Waals surface area contributed by atoms with Gasteiger partial charge in [0, 0.05) is 25.2 Å². The van der Waals surface area contributed by atoms with E-state index in [1.807, 2.05) is 10.8 Å². The van der Waals surface area contributed by atoms with Crippen LogP contribution >= 0.6 is 0 Å². The zero-order chi connectivity index (χ0) is 22.6. The van der Waals surface area contributed by atoms with Crippen LogP contribution in [0.5, 0.6) is 0 Å². The summed E-state index contributed by atoms with van der Waals surface area (Å²) in [6.07, 6.45) is 5.16. The first-order valence-corrected chi connectivity index (χ1v) is 11.3. The molecule has 174 valence electrons. The first-order valence-electron chi connectivity index (χ1n) is 11.3.